The molecular formula is C16H22N2O2S. The highest BCUT2D eigenvalue weighted by Gasteiger charge is 2.27. The molecule has 0 saturated carbocycles. The minimum Gasteiger partial charge on any atom is -0.444 e. The second kappa shape index (κ2) is 6.89. The Morgan fingerprint density at radius 1 is 1.38 bits per heavy atom. The molecule has 5 heteroatoms. The number of carbonyl (C=O) groups excluding carboxylic acids is 1. The van der Waals surface area contributed by atoms with Crippen LogP contribution in [0, 0.1) is 0 Å². The van der Waals surface area contributed by atoms with E-state index in [4.69, 9.17) is 4.74 Å². The lowest BCUT2D eigenvalue weighted by Gasteiger charge is -2.27. The maximum atomic E-state index is 12.0. The van der Waals surface area contributed by atoms with Gasteiger partial charge in [-0.25, -0.2) is 4.79 Å². The van der Waals surface area contributed by atoms with E-state index in [1.165, 1.54) is 5.56 Å². The predicted molar refractivity (Wildman–Crippen MR) is 87.0 cm³/mol. The van der Waals surface area contributed by atoms with E-state index in [0.29, 0.717) is 0 Å². The Hall–Kier alpha value is -1.62. The molecule has 1 heterocycles. The number of amides is 1. The van der Waals surface area contributed by atoms with Crippen molar-refractivity contribution in [3.63, 3.8) is 0 Å². The van der Waals surface area contributed by atoms with Crippen LogP contribution in [0.25, 0.3) is 0 Å². The molecule has 0 aliphatic carbocycles. The van der Waals surface area contributed by atoms with Crippen LogP contribution in [0.4, 0.5) is 4.79 Å². The Morgan fingerprint density at radius 2 is 2.10 bits per heavy atom. The smallest absolute Gasteiger partial charge is 0.407 e. The third kappa shape index (κ3) is 5.34. The zero-order valence-corrected chi connectivity index (χ0v) is 13.4. The number of nitrogens with one attached hydrogen (secondary N) is 2. The quantitative estimate of drug-likeness (QED) is 0.896. The van der Waals surface area contributed by atoms with Gasteiger partial charge in [0.15, 0.2) is 0 Å². The monoisotopic (exact) mass is 306 g/mol. The van der Waals surface area contributed by atoms with E-state index < -0.39 is 5.60 Å². The summed E-state index contributed by atoms with van der Waals surface area (Å²) < 4.78 is 5.36. The van der Waals surface area contributed by atoms with Crippen molar-refractivity contribution in [1.29, 1.82) is 0 Å². The fourth-order valence-electron chi connectivity index (χ4n) is 2.07. The van der Waals surface area contributed by atoms with Crippen molar-refractivity contribution in [2.45, 2.75) is 44.2 Å². The normalized spacial score (nSPS) is 18.9. The van der Waals surface area contributed by atoms with Gasteiger partial charge < -0.3 is 15.4 Å². The van der Waals surface area contributed by atoms with E-state index in [-0.39, 0.29) is 17.5 Å². The predicted octanol–water partition coefficient (Wildman–Crippen LogP) is 3.26. The number of ether oxygens (including phenoxy) is 1. The van der Waals surface area contributed by atoms with Crippen LogP contribution in [-0.2, 0) is 11.2 Å². The molecule has 0 bridgehead atoms. The summed E-state index contributed by atoms with van der Waals surface area (Å²) in [7, 11) is 0. The van der Waals surface area contributed by atoms with Crippen molar-refractivity contribution in [2.75, 3.05) is 0 Å². The molecule has 2 atom stereocenters. The number of benzene rings is 1. The maximum absolute atomic E-state index is 12.0. The molecule has 2 rings (SSSR count). The van der Waals surface area contributed by atoms with Crippen molar-refractivity contribution in [2.24, 2.45) is 0 Å². The van der Waals surface area contributed by atoms with Crippen molar-refractivity contribution in [1.82, 2.24) is 10.6 Å². The molecule has 0 saturated heterocycles. The Kier molecular flexibility index (Phi) is 5.17. The van der Waals surface area contributed by atoms with E-state index in [9.17, 15) is 4.79 Å². The number of hydrogen-bond acceptors (Lipinski definition) is 4. The average Bonchev–Trinajstić information content (AvgIpc) is 2.90. The average molecular weight is 306 g/mol. The summed E-state index contributed by atoms with van der Waals surface area (Å²) in [5.74, 6) is 0. The van der Waals surface area contributed by atoms with Crippen LogP contribution >= 0.6 is 11.8 Å². The highest BCUT2D eigenvalue weighted by Crippen LogP contribution is 2.21. The van der Waals surface area contributed by atoms with Gasteiger partial charge in [0.25, 0.3) is 0 Å². The molecule has 1 aromatic rings. The largest absolute Gasteiger partial charge is 0.444 e. The van der Waals surface area contributed by atoms with Crippen LogP contribution in [0.2, 0.25) is 0 Å². The Morgan fingerprint density at radius 3 is 2.67 bits per heavy atom. The van der Waals surface area contributed by atoms with Crippen LogP contribution in [0.3, 0.4) is 0 Å². The summed E-state index contributed by atoms with van der Waals surface area (Å²) in [6, 6.07) is 10.1. The molecule has 1 aliphatic heterocycles. The lowest BCUT2D eigenvalue weighted by atomic mass is 10.1. The standard InChI is InChI=1S/C16H22N2O2S/c1-16(2,3)20-15(19)18-13(14-17-9-10-21-14)11-12-7-5-4-6-8-12/h4-10,13-14,17H,11H2,1-3H3,(H,18,19)/t13-,14?/m0/s1. The molecule has 4 nitrogen and oxygen atoms in total. The number of hydrogen-bond donors (Lipinski definition) is 2. The zero-order chi connectivity index (χ0) is 15.3. The van der Waals surface area contributed by atoms with Gasteiger partial charge in [0.2, 0.25) is 0 Å². The van der Waals surface area contributed by atoms with Gasteiger partial charge in [-0.05, 0) is 38.2 Å². The van der Waals surface area contributed by atoms with E-state index in [2.05, 4.69) is 22.8 Å². The second-order valence-corrected chi connectivity index (χ2v) is 7.02. The minimum absolute atomic E-state index is 0.0396. The second-order valence-electron chi connectivity index (χ2n) is 5.97. The molecule has 0 spiro atoms. The SMILES string of the molecule is CC(C)(C)OC(=O)N[C@@H](Cc1ccccc1)C1NC=CS1. The summed E-state index contributed by atoms with van der Waals surface area (Å²) in [5, 5.41) is 8.36. The van der Waals surface area contributed by atoms with Crippen LogP contribution < -0.4 is 10.6 Å². The van der Waals surface area contributed by atoms with Crippen LogP contribution in [0.15, 0.2) is 41.9 Å². The summed E-state index contributed by atoms with van der Waals surface area (Å²) >= 11 is 1.67. The molecule has 1 unspecified atom stereocenters. The highest BCUT2D eigenvalue weighted by atomic mass is 32.2. The minimum atomic E-state index is -0.490. The van der Waals surface area contributed by atoms with Gasteiger partial charge in [-0.1, -0.05) is 30.3 Å². The molecule has 2 N–H and O–H groups in total. The zero-order valence-electron chi connectivity index (χ0n) is 12.6. The van der Waals surface area contributed by atoms with Crippen molar-refractivity contribution >= 4 is 17.9 Å². The number of carbonyl (C=O) groups is 1. The summed E-state index contributed by atoms with van der Waals surface area (Å²) in [4.78, 5) is 12.0. The lowest BCUT2D eigenvalue weighted by molar-refractivity contribution is 0.0502. The van der Waals surface area contributed by atoms with Gasteiger partial charge in [0, 0.05) is 6.20 Å². The molecule has 114 valence electrons. The fraction of sp³-hybridized carbons (Fsp3) is 0.438. The lowest BCUT2D eigenvalue weighted by Crippen LogP contribution is -2.48. The van der Waals surface area contributed by atoms with Crippen molar-refractivity contribution in [3.8, 4) is 0 Å². The number of thioether (sulfide) groups is 1. The summed E-state index contributed by atoms with van der Waals surface area (Å²) in [6.45, 7) is 5.59. The molecule has 0 fully saturated rings. The molecule has 1 aliphatic rings. The van der Waals surface area contributed by atoms with E-state index in [1.807, 2.05) is 50.6 Å². The summed E-state index contributed by atoms with van der Waals surface area (Å²) in [6.07, 6.45) is 2.29. The van der Waals surface area contributed by atoms with Gasteiger partial charge in [-0.3, -0.25) is 0 Å². The molecular weight excluding hydrogens is 284 g/mol. The van der Waals surface area contributed by atoms with E-state index in [0.717, 1.165) is 6.42 Å². The third-order valence-corrected chi connectivity index (χ3v) is 3.97. The van der Waals surface area contributed by atoms with E-state index in [1.54, 1.807) is 11.8 Å². The first kappa shape index (κ1) is 15.8. The highest BCUT2D eigenvalue weighted by molar-refractivity contribution is 8.03. The van der Waals surface area contributed by atoms with Crippen LogP contribution in [-0.4, -0.2) is 23.1 Å². The molecule has 0 aromatic heterocycles. The van der Waals surface area contributed by atoms with Gasteiger partial charge in [-0.15, -0.1) is 11.8 Å². The number of rotatable bonds is 4. The van der Waals surface area contributed by atoms with Gasteiger partial charge in [0.05, 0.1) is 11.4 Å². The van der Waals surface area contributed by atoms with Crippen LogP contribution in [0.1, 0.15) is 26.3 Å². The molecule has 0 radical (unpaired) electrons. The van der Waals surface area contributed by atoms with Crippen molar-refractivity contribution < 1.29 is 9.53 Å². The van der Waals surface area contributed by atoms with Gasteiger partial charge in [0.1, 0.15) is 5.60 Å². The molecule has 1 amide bonds. The van der Waals surface area contributed by atoms with Crippen LogP contribution in [0.5, 0.6) is 0 Å². The fourth-order valence-corrected chi connectivity index (χ4v) is 2.91. The Labute approximate surface area is 130 Å². The van der Waals surface area contributed by atoms with Gasteiger partial charge >= 0.3 is 6.09 Å². The molecule has 1 aromatic carbocycles. The summed E-state index contributed by atoms with van der Waals surface area (Å²) in [5.41, 5.74) is 0.698. The number of alkyl carbamates (subject to hydrolysis) is 1. The third-order valence-electron chi connectivity index (χ3n) is 2.92. The molecule has 21 heavy (non-hydrogen) atoms. The Bertz CT molecular complexity index is 489. The first-order valence-corrected chi connectivity index (χ1v) is 7.98. The van der Waals surface area contributed by atoms with E-state index >= 15 is 0 Å². The van der Waals surface area contributed by atoms with Gasteiger partial charge in [-0.2, -0.15) is 0 Å². The first-order valence-electron chi connectivity index (χ1n) is 7.04. The van der Waals surface area contributed by atoms with Crippen molar-refractivity contribution in [3.05, 3.63) is 47.5 Å². The Balaban J connectivity index is 2.00. The topological polar surface area (TPSA) is 50.4 Å². The maximum Gasteiger partial charge on any atom is 0.407 e. The first-order chi connectivity index (χ1) is 9.94.